The predicted octanol–water partition coefficient (Wildman–Crippen LogP) is 22.8. The van der Waals surface area contributed by atoms with Crippen LogP contribution in [0.15, 0.2) is 233 Å². The number of nitrogens with zero attached hydrogens (tertiary/aromatic N) is 2. The van der Waals surface area contributed by atoms with Gasteiger partial charge in [0.15, 0.2) is 11.2 Å². The van der Waals surface area contributed by atoms with Crippen LogP contribution in [-0.2, 0) is 6.42 Å². The molecular weight excluding hydrogens is 949 g/mol. The van der Waals surface area contributed by atoms with Crippen LogP contribution in [0, 0.1) is 11.8 Å². The van der Waals surface area contributed by atoms with E-state index in [2.05, 4.69) is 264 Å². The van der Waals surface area contributed by atoms with Crippen molar-refractivity contribution in [3.05, 3.63) is 235 Å². The molecule has 1 fully saturated rings. The fourth-order valence-corrected chi connectivity index (χ4v) is 11.6. The summed E-state index contributed by atoms with van der Waals surface area (Å²) in [5.41, 5.74) is 15.0. The van der Waals surface area contributed by atoms with Crippen molar-refractivity contribution in [2.24, 2.45) is 11.8 Å². The predicted molar refractivity (Wildman–Crippen MR) is 338 cm³/mol. The molecule has 12 aromatic rings. The first kappa shape index (κ1) is 51.5. The van der Waals surface area contributed by atoms with E-state index in [1.54, 1.807) is 5.57 Å². The Morgan fingerprint density at radius 2 is 0.974 bits per heavy atom. The summed E-state index contributed by atoms with van der Waals surface area (Å²) in [6, 6.07) is 66.4. The number of furan rings is 2. The normalized spacial score (nSPS) is 14.8. The first-order chi connectivity index (χ1) is 38.4. The van der Waals surface area contributed by atoms with Gasteiger partial charge in [0.1, 0.15) is 11.2 Å². The summed E-state index contributed by atoms with van der Waals surface area (Å²) < 4.78 is 13.6. The molecule has 0 spiro atoms. The van der Waals surface area contributed by atoms with E-state index in [4.69, 9.17) is 8.83 Å². The maximum absolute atomic E-state index is 6.81. The van der Waals surface area contributed by atoms with Crippen molar-refractivity contribution in [1.29, 1.82) is 0 Å². The molecule has 0 aliphatic heterocycles. The molecule has 2 aliphatic carbocycles. The Morgan fingerprint density at radius 3 is 1.47 bits per heavy atom. The molecule has 4 heteroatoms. The zero-order chi connectivity index (χ0) is 53.9. The largest absolute Gasteiger partial charge is 0.454 e. The van der Waals surface area contributed by atoms with E-state index >= 15 is 0 Å². The molecule has 2 heterocycles. The minimum absolute atomic E-state index is 0.704. The van der Waals surface area contributed by atoms with Gasteiger partial charge in [-0.05, 0) is 137 Å². The van der Waals surface area contributed by atoms with Crippen molar-refractivity contribution in [3.63, 3.8) is 0 Å². The fraction of sp³-hybridized carbons (Fsp3) is 0.189. The van der Waals surface area contributed by atoms with E-state index in [9.17, 15) is 0 Å². The van der Waals surface area contributed by atoms with Crippen molar-refractivity contribution in [2.45, 2.75) is 81.1 Å². The monoisotopic (exact) mass is 1020 g/mol. The Hall–Kier alpha value is -8.60. The first-order valence-corrected chi connectivity index (χ1v) is 28.4. The van der Waals surface area contributed by atoms with Crippen LogP contribution < -0.4 is 9.80 Å². The van der Waals surface area contributed by atoms with Gasteiger partial charge in [0.25, 0.3) is 0 Å². The van der Waals surface area contributed by atoms with Crippen LogP contribution in [0.3, 0.4) is 0 Å². The summed E-state index contributed by atoms with van der Waals surface area (Å²) in [5, 5.41) is 11.6. The third-order valence-electron chi connectivity index (χ3n) is 15.1. The van der Waals surface area contributed by atoms with Gasteiger partial charge in [0.2, 0.25) is 0 Å². The van der Waals surface area contributed by atoms with Crippen LogP contribution >= 0.6 is 0 Å². The summed E-state index contributed by atoms with van der Waals surface area (Å²) in [6.45, 7) is 16.7. The average Bonchev–Trinajstić information content (AvgIpc) is 4.18. The van der Waals surface area contributed by atoms with Gasteiger partial charge in [-0.25, -0.2) is 0 Å². The Kier molecular flexibility index (Phi) is 14.9. The molecule has 1 saturated carbocycles. The molecule has 2 unspecified atom stereocenters. The van der Waals surface area contributed by atoms with E-state index in [0.717, 1.165) is 95.7 Å². The Morgan fingerprint density at radius 1 is 0.500 bits per heavy atom. The molecular formula is C74H70N2O2. The van der Waals surface area contributed by atoms with Gasteiger partial charge in [0, 0.05) is 43.7 Å². The molecule has 388 valence electrons. The van der Waals surface area contributed by atoms with E-state index in [1.807, 2.05) is 19.9 Å². The zero-order valence-corrected chi connectivity index (χ0v) is 46.5. The van der Waals surface area contributed by atoms with E-state index < -0.39 is 0 Å². The highest BCUT2D eigenvalue weighted by molar-refractivity contribution is 6.28. The van der Waals surface area contributed by atoms with Crippen LogP contribution in [0.25, 0.3) is 81.8 Å². The lowest BCUT2D eigenvalue weighted by Crippen LogP contribution is -2.12. The lowest BCUT2D eigenvalue weighted by Gasteiger charge is -2.29. The summed E-state index contributed by atoms with van der Waals surface area (Å²) in [4.78, 5) is 4.81. The molecule has 0 bridgehead atoms. The summed E-state index contributed by atoms with van der Waals surface area (Å²) in [6.07, 6.45) is 18.2. The van der Waals surface area contributed by atoms with Crippen molar-refractivity contribution in [2.75, 3.05) is 9.80 Å². The third-order valence-corrected chi connectivity index (χ3v) is 15.1. The standard InChI is InChI=1S/C66H48N2O2.2C3H8.C2H6/c1-3-12-42(4-2)43-25-33-49(34-26-43)68(60-20-11-18-53-51-16-6-8-22-62(51)70-66(53)60)58-38-30-45-27-35-54-57(37-29-44-28-36-55(58)64(45)63(44)54)67(59-19-10-17-52-50-15-5-7-21-61(50)69-65(52)59)48-31-23-41(24-32-48)39-46-13-9-14-47-40-56(46)47;2*1-3-2;1-2/h3-38,47,56H,39-40H2,1-2H3;2*3H2,1-2H3;1-2H3/b12-3-,42-4+;;;. The van der Waals surface area contributed by atoms with Gasteiger partial charge >= 0.3 is 0 Å². The molecule has 0 amide bonds. The molecule has 78 heavy (non-hydrogen) atoms. The lowest BCUT2D eigenvalue weighted by atomic mass is 9.91. The molecule has 14 rings (SSSR count). The van der Waals surface area contributed by atoms with Crippen LogP contribution in [-0.4, -0.2) is 0 Å². The van der Waals surface area contributed by atoms with Gasteiger partial charge in [-0.2, -0.15) is 0 Å². The summed E-state index contributed by atoms with van der Waals surface area (Å²) in [7, 11) is 0. The van der Waals surface area contributed by atoms with E-state index in [1.165, 1.54) is 62.9 Å². The number of para-hydroxylation sites is 4. The van der Waals surface area contributed by atoms with E-state index in [-0.39, 0.29) is 0 Å². The quantitative estimate of drug-likeness (QED) is 0.101. The van der Waals surface area contributed by atoms with Crippen molar-refractivity contribution >= 4 is 116 Å². The van der Waals surface area contributed by atoms with Crippen LogP contribution in [0.2, 0.25) is 0 Å². The number of fused-ring (bicyclic) bond motifs is 7. The lowest BCUT2D eigenvalue weighted by molar-refractivity contribution is 0.669. The van der Waals surface area contributed by atoms with Gasteiger partial charge in [0.05, 0.1) is 22.7 Å². The van der Waals surface area contributed by atoms with Crippen LogP contribution in [0.5, 0.6) is 0 Å². The maximum atomic E-state index is 6.81. The van der Waals surface area contributed by atoms with Crippen molar-refractivity contribution in [3.8, 4) is 0 Å². The molecule has 10 aromatic carbocycles. The molecule has 0 radical (unpaired) electrons. The molecule has 2 atom stereocenters. The number of hydrogen-bond acceptors (Lipinski definition) is 4. The summed E-state index contributed by atoms with van der Waals surface area (Å²) >= 11 is 0. The number of hydrogen-bond donors (Lipinski definition) is 0. The fourth-order valence-electron chi connectivity index (χ4n) is 11.6. The number of rotatable bonds is 10. The molecule has 2 aliphatic rings. The highest BCUT2D eigenvalue weighted by Gasteiger charge is 2.38. The minimum atomic E-state index is 0.704. The highest BCUT2D eigenvalue weighted by atomic mass is 16.3. The minimum Gasteiger partial charge on any atom is -0.454 e. The highest BCUT2D eigenvalue weighted by Crippen LogP contribution is 2.51. The number of allylic oxidation sites excluding steroid dienone is 8. The second kappa shape index (κ2) is 22.5. The second-order valence-electron chi connectivity index (χ2n) is 20.4. The molecule has 2 aromatic heterocycles. The second-order valence-corrected chi connectivity index (χ2v) is 20.4. The van der Waals surface area contributed by atoms with Gasteiger partial charge in [-0.15, -0.1) is 0 Å². The van der Waals surface area contributed by atoms with Crippen molar-refractivity contribution in [1.82, 2.24) is 0 Å². The Labute approximate surface area is 460 Å². The number of anilines is 6. The maximum Gasteiger partial charge on any atom is 0.159 e. The van der Waals surface area contributed by atoms with Crippen LogP contribution in [0.1, 0.15) is 85.8 Å². The molecule has 0 N–H and O–H groups in total. The van der Waals surface area contributed by atoms with Crippen LogP contribution in [0.4, 0.5) is 34.1 Å². The van der Waals surface area contributed by atoms with Crippen molar-refractivity contribution < 1.29 is 8.83 Å². The van der Waals surface area contributed by atoms with Gasteiger partial charge in [-0.1, -0.05) is 218 Å². The SMILES string of the molecule is C/C=C\C(=C/C)c1ccc(N(c2ccc3ccc4c(N(c5ccc(CC6=CC=CC7CC67)cc5)c5cccc6c5oc5ccccc56)ccc5ccc2c3c54)c2cccc3c2oc2ccccc23)cc1.CC.CCC.CCC. The Bertz CT molecular complexity index is 4200. The topological polar surface area (TPSA) is 32.8 Å². The third kappa shape index (κ3) is 9.34. The smallest absolute Gasteiger partial charge is 0.159 e. The average molecular weight is 1020 g/mol. The van der Waals surface area contributed by atoms with Gasteiger partial charge in [-0.3, -0.25) is 0 Å². The summed E-state index contributed by atoms with van der Waals surface area (Å²) in [5.74, 6) is 1.43. The molecule has 0 saturated heterocycles. The Balaban J connectivity index is 0.000000766. The zero-order valence-electron chi connectivity index (χ0n) is 46.5. The van der Waals surface area contributed by atoms with Gasteiger partial charge < -0.3 is 18.6 Å². The molecule has 4 nitrogen and oxygen atoms in total. The van der Waals surface area contributed by atoms with E-state index in [0.29, 0.717) is 5.92 Å². The number of benzene rings is 10. The first-order valence-electron chi connectivity index (χ1n) is 28.4.